The van der Waals surface area contributed by atoms with Gasteiger partial charge in [-0.2, -0.15) is 0 Å². The summed E-state index contributed by atoms with van der Waals surface area (Å²) in [6, 6.07) is 16.6. The van der Waals surface area contributed by atoms with E-state index in [9.17, 15) is 9.90 Å². The Morgan fingerprint density at radius 3 is 2.45 bits per heavy atom. The van der Waals surface area contributed by atoms with E-state index in [-0.39, 0.29) is 12.5 Å². The summed E-state index contributed by atoms with van der Waals surface area (Å²) in [5.74, 6) is 1.53. The van der Waals surface area contributed by atoms with Gasteiger partial charge in [0.25, 0.3) is 0 Å². The van der Waals surface area contributed by atoms with Gasteiger partial charge in [0.1, 0.15) is 23.6 Å². The van der Waals surface area contributed by atoms with Gasteiger partial charge in [0.05, 0.1) is 18.0 Å². The van der Waals surface area contributed by atoms with Crippen molar-refractivity contribution in [2.75, 3.05) is 17.3 Å². The number of benzene rings is 2. The number of nitrogens with zero attached hydrogens (tertiary/aromatic N) is 4. The van der Waals surface area contributed by atoms with Crippen LogP contribution in [0.3, 0.4) is 0 Å². The first-order valence-corrected chi connectivity index (χ1v) is 9.85. The molecule has 0 unspecified atom stereocenters. The standard InChI is InChI=1S/C23H23N5O3/c1-15(13-29)28(16(2)30)27-12-20(21-22(24)25-14-26-23(21)27)17-8-10-19(11-9-17)31-18-6-4-3-5-7-18/h3-12,14-15,29H,13H2,1-2H3,(H2,24,25,26)/t15-/m0/s1. The van der Waals surface area contributed by atoms with Crippen LogP contribution in [-0.4, -0.2) is 38.3 Å². The van der Waals surface area contributed by atoms with Crippen LogP contribution in [0.5, 0.6) is 11.5 Å². The molecule has 0 spiro atoms. The molecule has 158 valence electrons. The first-order chi connectivity index (χ1) is 15.0. The molecule has 0 aliphatic heterocycles. The monoisotopic (exact) mass is 417 g/mol. The highest BCUT2D eigenvalue weighted by Crippen LogP contribution is 2.34. The van der Waals surface area contributed by atoms with Gasteiger partial charge in [0.15, 0.2) is 5.65 Å². The maximum atomic E-state index is 12.3. The summed E-state index contributed by atoms with van der Waals surface area (Å²) in [7, 11) is 0. The summed E-state index contributed by atoms with van der Waals surface area (Å²) in [5, 5.41) is 11.7. The number of carbonyl (C=O) groups is 1. The second-order valence-electron chi connectivity index (χ2n) is 7.18. The Balaban J connectivity index is 1.78. The number of rotatable bonds is 6. The Morgan fingerprint density at radius 2 is 1.81 bits per heavy atom. The van der Waals surface area contributed by atoms with Gasteiger partial charge in [-0.1, -0.05) is 30.3 Å². The van der Waals surface area contributed by atoms with E-state index in [2.05, 4.69) is 9.97 Å². The number of nitrogen functional groups attached to an aromatic ring is 1. The molecule has 2 heterocycles. The second kappa shape index (κ2) is 8.45. The lowest BCUT2D eigenvalue weighted by Gasteiger charge is -2.28. The molecule has 8 heteroatoms. The number of aromatic nitrogens is 3. The third kappa shape index (κ3) is 3.93. The smallest absolute Gasteiger partial charge is 0.238 e. The molecule has 8 nitrogen and oxygen atoms in total. The molecule has 2 aromatic heterocycles. The zero-order valence-electron chi connectivity index (χ0n) is 17.3. The number of carbonyl (C=O) groups excluding carboxylic acids is 1. The molecule has 0 bridgehead atoms. The van der Waals surface area contributed by atoms with Crippen molar-refractivity contribution in [2.45, 2.75) is 19.9 Å². The van der Waals surface area contributed by atoms with E-state index in [0.717, 1.165) is 16.9 Å². The number of ether oxygens (including phenoxy) is 1. The third-order valence-corrected chi connectivity index (χ3v) is 4.98. The van der Waals surface area contributed by atoms with Crippen LogP contribution in [0.1, 0.15) is 13.8 Å². The van der Waals surface area contributed by atoms with Gasteiger partial charge >= 0.3 is 0 Å². The highest BCUT2D eigenvalue weighted by Gasteiger charge is 2.24. The summed E-state index contributed by atoms with van der Waals surface area (Å²) in [6.07, 6.45) is 3.15. The van der Waals surface area contributed by atoms with E-state index in [1.165, 1.54) is 18.3 Å². The minimum atomic E-state index is -0.446. The fourth-order valence-electron chi connectivity index (χ4n) is 3.53. The van der Waals surface area contributed by atoms with Crippen LogP contribution in [-0.2, 0) is 4.79 Å². The largest absolute Gasteiger partial charge is 0.457 e. The second-order valence-corrected chi connectivity index (χ2v) is 7.18. The van der Waals surface area contributed by atoms with Crippen molar-refractivity contribution >= 4 is 22.8 Å². The lowest BCUT2D eigenvalue weighted by Crippen LogP contribution is -2.47. The van der Waals surface area contributed by atoms with Crippen LogP contribution < -0.4 is 15.5 Å². The van der Waals surface area contributed by atoms with Crippen LogP contribution >= 0.6 is 0 Å². The quantitative estimate of drug-likeness (QED) is 0.498. The molecular weight excluding hydrogens is 394 g/mol. The van der Waals surface area contributed by atoms with Crippen molar-refractivity contribution in [3.8, 4) is 22.6 Å². The Labute approximate surface area is 179 Å². The predicted octanol–water partition coefficient (Wildman–Crippen LogP) is 3.34. The fraction of sp³-hybridized carbons (Fsp3) is 0.174. The topological polar surface area (TPSA) is 106 Å². The van der Waals surface area contributed by atoms with Gasteiger partial charge in [0, 0.05) is 18.7 Å². The first kappa shape index (κ1) is 20.4. The van der Waals surface area contributed by atoms with E-state index in [1.54, 1.807) is 17.8 Å². The molecular formula is C23H23N5O3. The Kier molecular flexibility index (Phi) is 5.55. The lowest BCUT2D eigenvalue weighted by molar-refractivity contribution is -0.118. The minimum Gasteiger partial charge on any atom is -0.457 e. The first-order valence-electron chi connectivity index (χ1n) is 9.85. The molecule has 0 fully saturated rings. The van der Waals surface area contributed by atoms with Gasteiger partial charge in [-0.25, -0.2) is 19.7 Å². The molecule has 0 aliphatic rings. The van der Waals surface area contributed by atoms with Gasteiger partial charge in [0.2, 0.25) is 5.91 Å². The van der Waals surface area contributed by atoms with Crippen LogP contribution in [0, 0.1) is 0 Å². The maximum absolute atomic E-state index is 12.3. The zero-order chi connectivity index (χ0) is 22.0. The summed E-state index contributed by atoms with van der Waals surface area (Å²) in [6.45, 7) is 3.01. The molecule has 0 saturated carbocycles. The molecule has 1 atom stereocenters. The average Bonchev–Trinajstić information content (AvgIpc) is 3.15. The predicted molar refractivity (Wildman–Crippen MR) is 119 cm³/mol. The number of hydrogen-bond donors (Lipinski definition) is 2. The maximum Gasteiger partial charge on any atom is 0.238 e. The van der Waals surface area contributed by atoms with Gasteiger partial charge in [-0.05, 0) is 36.8 Å². The fourth-order valence-corrected chi connectivity index (χ4v) is 3.53. The molecule has 0 saturated heterocycles. The highest BCUT2D eigenvalue weighted by molar-refractivity contribution is 6.02. The van der Waals surface area contributed by atoms with Crippen molar-refractivity contribution in [1.29, 1.82) is 0 Å². The van der Waals surface area contributed by atoms with Crippen LogP contribution in [0.2, 0.25) is 0 Å². The lowest BCUT2D eigenvalue weighted by atomic mass is 10.1. The summed E-state index contributed by atoms with van der Waals surface area (Å²) in [5.41, 5.74) is 8.31. The number of nitrogens with two attached hydrogens (primary N) is 1. The number of aliphatic hydroxyl groups excluding tert-OH is 1. The summed E-state index contributed by atoms with van der Waals surface area (Å²) in [4.78, 5) is 20.8. The number of para-hydroxylation sites is 1. The highest BCUT2D eigenvalue weighted by atomic mass is 16.5. The van der Waals surface area contributed by atoms with E-state index < -0.39 is 6.04 Å². The number of anilines is 1. The average molecular weight is 417 g/mol. The Bertz CT molecular complexity index is 1210. The molecule has 0 radical (unpaired) electrons. The Hall–Kier alpha value is -3.91. The SMILES string of the molecule is CC(=O)N([C@@H](C)CO)n1cc(-c2ccc(Oc3ccccc3)cc2)c2c(N)ncnc21. The summed E-state index contributed by atoms with van der Waals surface area (Å²) >= 11 is 0. The van der Waals surface area contributed by atoms with Crippen LogP contribution in [0.15, 0.2) is 67.1 Å². The van der Waals surface area contributed by atoms with E-state index in [1.807, 2.05) is 54.6 Å². The minimum absolute atomic E-state index is 0.194. The molecule has 31 heavy (non-hydrogen) atoms. The number of fused-ring (bicyclic) bond motifs is 1. The van der Waals surface area contributed by atoms with E-state index in [0.29, 0.717) is 22.6 Å². The van der Waals surface area contributed by atoms with E-state index >= 15 is 0 Å². The molecule has 1 amide bonds. The van der Waals surface area contributed by atoms with Crippen LogP contribution in [0.4, 0.5) is 5.82 Å². The number of hydrogen-bond acceptors (Lipinski definition) is 6. The molecule has 3 N–H and O–H groups in total. The molecule has 4 aromatic rings. The van der Waals surface area contributed by atoms with Gasteiger partial charge in [-0.15, -0.1) is 0 Å². The van der Waals surface area contributed by atoms with Crippen molar-refractivity contribution in [3.63, 3.8) is 0 Å². The number of aliphatic hydroxyl groups is 1. The normalized spacial score (nSPS) is 12.0. The molecule has 2 aromatic carbocycles. The van der Waals surface area contributed by atoms with Crippen molar-refractivity contribution in [3.05, 3.63) is 67.1 Å². The zero-order valence-corrected chi connectivity index (χ0v) is 17.3. The van der Waals surface area contributed by atoms with Crippen LogP contribution in [0.25, 0.3) is 22.2 Å². The van der Waals surface area contributed by atoms with E-state index in [4.69, 9.17) is 10.5 Å². The number of amides is 1. The van der Waals surface area contributed by atoms with Gasteiger partial charge in [-0.3, -0.25) is 4.79 Å². The molecule has 0 aliphatic carbocycles. The molecule has 4 rings (SSSR count). The van der Waals surface area contributed by atoms with Crippen molar-refractivity contribution in [2.24, 2.45) is 0 Å². The third-order valence-electron chi connectivity index (χ3n) is 4.98. The summed E-state index contributed by atoms with van der Waals surface area (Å²) < 4.78 is 7.49. The Morgan fingerprint density at radius 1 is 1.13 bits per heavy atom. The van der Waals surface area contributed by atoms with Crippen molar-refractivity contribution in [1.82, 2.24) is 14.6 Å². The van der Waals surface area contributed by atoms with Gasteiger partial charge < -0.3 is 15.6 Å². The van der Waals surface area contributed by atoms with Crippen molar-refractivity contribution < 1.29 is 14.6 Å².